The average Bonchev–Trinajstić information content (AvgIpc) is 2.53. The summed E-state index contributed by atoms with van der Waals surface area (Å²) in [5, 5.41) is 0. The number of benzene rings is 2. The molecule has 0 bridgehead atoms. The highest BCUT2D eigenvalue weighted by molar-refractivity contribution is 5.73. The minimum Gasteiger partial charge on any atom is -0.370 e. The zero-order valence-corrected chi connectivity index (χ0v) is 12.9. The number of carbonyl (C=O) groups is 1. The average molecular weight is 294 g/mol. The molecule has 3 rings (SSSR count). The Morgan fingerprint density at radius 1 is 1.14 bits per heavy atom. The van der Waals surface area contributed by atoms with E-state index in [0.29, 0.717) is 24.9 Å². The molecule has 0 aliphatic carbocycles. The van der Waals surface area contributed by atoms with Gasteiger partial charge in [0.2, 0.25) is 5.91 Å². The maximum absolute atomic E-state index is 11.1. The highest BCUT2D eigenvalue weighted by Crippen LogP contribution is 2.37. The molecule has 2 aromatic carbocycles. The predicted octanol–water partition coefficient (Wildman–Crippen LogP) is 2.90. The van der Waals surface area contributed by atoms with Gasteiger partial charge < -0.3 is 5.73 Å². The number of carbonyl (C=O) groups excluding carboxylic acids is 1. The third-order valence-electron chi connectivity index (χ3n) is 4.63. The van der Waals surface area contributed by atoms with Gasteiger partial charge in [-0.2, -0.15) is 0 Å². The van der Waals surface area contributed by atoms with E-state index in [0.717, 1.165) is 6.54 Å². The molecule has 2 atom stereocenters. The molecule has 1 aliphatic heterocycles. The van der Waals surface area contributed by atoms with Crippen molar-refractivity contribution in [1.82, 2.24) is 4.90 Å². The van der Waals surface area contributed by atoms with E-state index >= 15 is 0 Å². The van der Waals surface area contributed by atoms with Gasteiger partial charge in [-0.05, 0) is 23.6 Å². The van der Waals surface area contributed by atoms with Crippen LogP contribution in [0.1, 0.15) is 36.0 Å². The molecule has 0 unspecified atom stereocenters. The number of hydrogen-bond acceptors (Lipinski definition) is 2. The molecule has 2 aromatic rings. The molecule has 114 valence electrons. The predicted molar refractivity (Wildman–Crippen MR) is 88.4 cm³/mol. The first-order valence-electron chi connectivity index (χ1n) is 7.82. The van der Waals surface area contributed by atoms with Crippen LogP contribution in [-0.4, -0.2) is 23.4 Å². The van der Waals surface area contributed by atoms with Crippen LogP contribution in [0.15, 0.2) is 54.6 Å². The fraction of sp³-hybridized carbons (Fsp3) is 0.316. The molecule has 2 N–H and O–H groups in total. The minimum absolute atomic E-state index is 0.234. The minimum atomic E-state index is -0.234. The zero-order chi connectivity index (χ0) is 15.5. The van der Waals surface area contributed by atoms with Crippen molar-refractivity contribution in [2.75, 3.05) is 6.54 Å². The third-order valence-corrected chi connectivity index (χ3v) is 4.63. The Hall–Kier alpha value is -2.13. The van der Waals surface area contributed by atoms with Crippen LogP contribution in [0.2, 0.25) is 0 Å². The van der Waals surface area contributed by atoms with Gasteiger partial charge in [-0.3, -0.25) is 9.69 Å². The lowest BCUT2D eigenvalue weighted by atomic mass is 9.79. The highest BCUT2D eigenvalue weighted by Gasteiger charge is 2.32. The summed E-state index contributed by atoms with van der Waals surface area (Å²) in [6.45, 7) is 3.84. The van der Waals surface area contributed by atoms with Crippen molar-refractivity contribution in [1.29, 1.82) is 0 Å². The van der Waals surface area contributed by atoms with Crippen LogP contribution in [0.3, 0.4) is 0 Å². The van der Waals surface area contributed by atoms with E-state index in [4.69, 9.17) is 5.73 Å². The molecule has 0 fully saturated rings. The van der Waals surface area contributed by atoms with Gasteiger partial charge in [-0.15, -0.1) is 0 Å². The van der Waals surface area contributed by atoms with E-state index in [1.807, 2.05) is 6.07 Å². The van der Waals surface area contributed by atoms with E-state index < -0.39 is 0 Å². The summed E-state index contributed by atoms with van der Waals surface area (Å²) in [4.78, 5) is 13.5. The number of nitrogens with two attached hydrogens (primary N) is 1. The first-order valence-corrected chi connectivity index (χ1v) is 7.82. The van der Waals surface area contributed by atoms with Crippen molar-refractivity contribution in [3.63, 3.8) is 0 Å². The van der Waals surface area contributed by atoms with Crippen molar-refractivity contribution in [3.05, 3.63) is 71.3 Å². The summed E-state index contributed by atoms with van der Waals surface area (Å²) in [6, 6.07) is 19.6. The smallest absolute Gasteiger partial charge is 0.218 e. The molecule has 3 nitrogen and oxygen atoms in total. The van der Waals surface area contributed by atoms with Crippen molar-refractivity contribution in [2.24, 2.45) is 5.73 Å². The lowest BCUT2D eigenvalue weighted by molar-refractivity contribution is -0.118. The molecule has 0 radical (unpaired) electrons. The lowest BCUT2D eigenvalue weighted by Crippen LogP contribution is -2.43. The summed E-state index contributed by atoms with van der Waals surface area (Å²) >= 11 is 0. The van der Waals surface area contributed by atoms with Crippen LogP contribution in [0.25, 0.3) is 0 Å². The van der Waals surface area contributed by atoms with Crippen molar-refractivity contribution in [3.8, 4) is 0 Å². The van der Waals surface area contributed by atoms with Crippen LogP contribution in [-0.2, 0) is 11.3 Å². The fourth-order valence-corrected chi connectivity index (χ4v) is 3.47. The Bertz CT molecular complexity index is 653. The van der Waals surface area contributed by atoms with Crippen LogP contribution in [0.4, 0.5) is 0 Å². The zero-order valence-electron chi connectivity index (χ0n) is 12.9. The summed E-state index contributed by atoms with van der Waals surface area (Å²) in [5.41, 5.74) is 9.40. The molecule has 0 saturated heterocycles. The lowest BCUT2D eigenvalue weighted by Gasteiger charge is -2.41. The molecule has 1 amide bonds. The van der Waals surface area contributed by atoms with Crippen LogP contribution in [0, 0.1) is 0 Å². The molecule has 3 heteroatoms. The Balaban J connectivity index is 1.97. The fourth-order valence-electron chi connectivity index (χ4n) is 3.47. The normalized spacial score (nSPS) is 21.3. The van der Waals surface area contributed by atoms with Gasteiger partial charge in [-0.1, -0.05) is 54.6 Å². The van der Waals surface area contributed by atoms with Gasteiger partial charge in [0.05, 0.1) is 0 Å². The number of primary amides is 1. The number of hydrogen-bond donors (Lipinski definition) is 1. The first-order chi connectivity index (χ1) is 10.7. The Morgan fingerprint density at radius 3 is 2.55 bits per heavy atom. The molecular weight excluding hydrogens is 272 g/mol. The third kappa shape index (κ3) is 2.90. The van der Waals surface area contributed by atoms with Gasteiger partial charge in [0.15, 0.2) is 0 Å². The molecule has 22 heavy (non-hydrogen) atoms. The second-order valence-corrected chi connectivity index (χ2v) is 6.01. The largest absolute Gasteiger partial charge is 0.370 e. The van der Waals surface area contributed by atoms with E-state index in [2.05, 4.69) is 60.4 Å². The monoisotopic (exact) mass is 294 g/mol. The number of fused-ring (bicyclic) bond motifs is 1. The second kappa shape index (κ2) is 6.32. The summed E-state index contributed by atoms with van der Waals surface area (Å²) in [5.74, 6) is 0.0985. The summed E-state index contributed by atoms with van der Waals surface area (Å²) in [6.07, 6.45) is 0.411. The van der Waals surface area contributed by atoms with Crippen LogP contribution >= 0.6 is 0 Å². The van der Waals surface area contributed by atoms with Gasteiger partial charge >= 0.3 is 0 Å². The van der Waals surface area contributed by atoms with Gasteiger partial charge in [-0.25, -0.2) is 0 Å². The van der Waals surface area contributed by atoms with E-state index in [9.17, 15) is 4.79 Å². The Labute approximate surface area is 131 Å². The maximum atomic E-state index is 11.1. The van der Waals surface area contributed by atoms with E-state index in [1.54, 1.807) is 0 Å². The Kier molecular flexibility index (Phi) is 4.25. The topological polar surface area (TPSA) is 46.3 Å². The van der Waals surface area contributed by atoms with Crippen molar-refractivity contribution >= 4 is 5.91 Å². The first kappa shape index (κ1) is 14.8. The molecule has 1 aliphatic rings. The van der Waals surface area contributed by atoms with E-state index in [-0.39, 0.29) is 5.91 Å². The SMILES string of the molecule is C[C@H]1[C@H](c2ccccc2)c2ccccc2CN1CCC(N)=O. The molecule has 0 saturated carbocycles. The number of amides is 1. The van der Waals surface area contributed by atoms with Crippen LogP contribution in [0.5, 0.6) is 0 Å². The maximum Gasteiger partial charge on any atom is 0.218 e. The summed E-state index contributed by atoms with van der Waals surface area (Å²) in [7, 11) is 0. The quantitative estimate of drug-likeness (QED) is 0.942. The molecule has 1 heterocycles. The van der Waals surface area contributed by atoms with Crippen molar-refractivity contribution in [2.45, 2.75) is 31.8 Å². The van der Waals surface area contributed by atoms with Gasteiger partial charge in [0.25, 0.3) is 0 Å². The Morgan fingerprint density at radius 2 is 1.82 bits per heavy atom. The molecule has 0 aromatic heterocycles. The van der Waals surface area contributed by atoms with Crippen LogP contribution < -0.4 is 5.73 Å². The second-order valence-electron chi connectivity index (χ2n) is 6.01. The molecule has 0 spiro atoms. The van der Waals surface area contributed by atoms with E-state index in [1.165, 1.54) is 16.7 Å². The standard InChI is InChI=1S/C19H22N2O/c1-14-19(15-7-3-2-4-8-15)17-10-6-5-9-16(17)13-21(14)12-11-18(20)22/h2-10,14,19H,11-13H2,1H3,(H2,20,22)/t14-,19+/m0/s1. The van der Waals surface area contributed by atoms with Gasteiger partial charge in [0, 0.05) is 31.5 Å². The summed E-state index contributed by atoms with van der Waals surface area (Å²) < 4.78 is 0. The van der Waals surface area contributed by atoms with Gasteiger partial charge in [0.1, 0.15) is 0 Å². The molecular formula is C19H22N2O. The van der Waals surface area contributed by atoms with Crippen molar-refractivity contribution < 1.29 is 4.79 Å². The number of nitrogens with zero attached hydrogens (tertiary/aromatic N) is 1. The highest BCUT2D eigenvalue weighted by atomic mass is 16.1. The number of rotatable bonds is 4.